The van der Waals surface area contributed by atoms with Crippen LogP contribution < -0.4 is 0 Å². The molecule has 10 atom stereocenters. The van der Waals surface area contributed by atoms with E-state index in [2.05, 4.69) is 26.8 Å². The average molecular weight is 469 g/mol. The number of ketones is 1. The van der Waals surface area contributed by atoms with E-state index in [1.54, 1.807) is 12.3 Å². The van der Waals surface area contributed by atoms with Gasteiger partial charge in [-0.05, 0) is 54.2 Å². The molecule has 6 nitrogen and oxygen atoms in total. The number of ether oxygens (including phenoxy) is 2. The third-order valence-corrected chi connectivity index (χ3v) is 11.2. The lowest BCUT2D eigenvalue weighted by atomic mass is 9.36. The van der Waals surface area contributed by atoms with E-state index in [4.69, 9.17) is 13.9 Å². The molecule has 2 heterocycles. The summed E-state index contributed by atoms with van der Waals surface area (Å²) in [5.41, 5.74) is -1.31. The number of fused-ring (bicyclic) bond motifs is 3. The molecule has 6 heteroatoms. The number of aliphatic hydroxyl groups excluding tert-OH is 1. The summed E-state index contributed by atoms with van der Waals surface area (Å²) in [4.78, 5) is 25.4. The predicted octanol–water partition coefficient (Wildman–Crippen LogP) is 4.42. The van der Waals surface area contributed by atoms with Crippen molar-refractivity contribution in [2.45, 2.75) is 90.6 Å². The molecule has 1 spiro atoms. The van der Waals surface area contributed by atoms with E-state index in [0.29, 0.717) is 0 Å². The number of esters is 1. The quantitative estimate of drug-likeness (QED) is 0.511. The molecule has 6 rings (SSSR count). The van der Waals surface area contributed by atoms with Gasteiger partial charge >= 0.3 is 5.97 Å². The van der Waals surface area contributed by atoms with Crippen molar-refractivity contribution in [1.29, 1.82) is 0 Å². The number of rotatable bonds is 2. The second-order valence-electron chi connectivity index (χ2n) is 12.8. The molecule has 1 aromatic rings. The first-order valence-electron chi connectivity index (χ1n) is 12.6. The zero-order valence-corrected chi connectivity index (χ0v) is 21.0. The van der Waals surface area contributed by atoms with Crippen LogP contribution in [0.2, 0.25) is 0 Å². The van der Waals surface area contributed by atoms with Crippen molar-refractivity contribution in [3.8, 4) is 0 Å². The van der Waals surface area contributed by atoms with Gasteiger partial charge in [0.05, 0.1) is 24.7 Å². The fraction of sp³-hybridized carbons (Fsp3) is 0.714. The standard InChI is InChI=1S/C28H36O6/c1-15(29)33-23-21(31)22-24(2,3)19(30)8-10-25(22,4)18-7-11-26(5)17(16-9-12-32-14-16)13-20-28(26,34-20)27(18,23)6/h8-10,12,14,17-18,20-23,31H,7,11,13H2,1-6H3/t17-,18+,20+,21?,22-,23+,25+,26-,27-,28+/m0/s1. The summed E-state index contributed by atoms with van der Waals surface area (Å²) >= 11 is 0. The van der Waals surface area contributed by atoms with Gasteiger partial charge in [0.15, 0.2) is 5.78 Å². The van der Waals surface area contributed by atoms with E-state index in [1.165, 1.54) is 12.5 Å². The van der Waals surface area contributed by atoms with E-state index in [-0.39, 0.29) is 35.1 Å². The Bertz CT molecular complexity index is 1090. The summed E-state index contributed by atoms with van der Waals surface area (Å²) in [7, 11) is 0. The van der Waals surface area contributed by atoms with E-state index < -0.39 is 40.0 Å². The van der Waals surface area contributed by atoms with Gasteiger partial charge < -0.3 is 19.0 Å². The molecule has 3 saturated carbocycles. The van der Waals surface area contributed by atoms with Gasteiger partial charge in [-0.1, -0.05) is 40.7 Å². The van der Waals surface area contributed by atoms with Crippen molar-refractivity contribution in [1.82, 2.24) is 0 Å². The number of allylic oxidation sites excluding steroid dienone is 2. The number of carbonyl (C=O) groups excluding carboxylic acids is 2. The zero-order chi connectivity index (χ0) is 24.5. The minimum absolute atomic E-state index is 0.0134. The average Bonchev–Trinajstić information content (AvgIpc) is 3.11. The molecule has 1 aliphatic heterocycles. The molecule has 184 valence electrons. The Kier molecular flexibility index (Phi) is 4.27. The van der Waals surface area contributed by atoms with E-state index in [9.17, 15) is 14.7 Å². The molecule has 4 aliphatic carbocycles. The van der Waals surface area contributed by atoms with E-state index in [1.807, 2.05) is 26.2 Å². The first kappa shape index (κ1) is 22.5. The second-order valence-corrected chi connectivity index (χ2v) is 12.8. The maximum Gasteiger partial charge on any atom is 0.303 e. The van der Waals surface area contributed by atoms with Crippen LogP contribution >= 0.6 is 0 Å². The third-order valence-electron chi connectivity index (χ3n) is 11.2. The van der Waals surface area contributed by atoms with Crippen LogP contribution in [0.5, 0.6) is 0 Å². The van der Waals surface area contributed by atoms with Crippen LogP contribution in [0.4, 0.5) is 0 Å². The molecule has 1 unspecified atom stereocenters. The van der Waals surface area contributed by atoms with Gasteiger partial charge in [0.1, 0.15) is 11.7 Å². The van der Waals surface area contributed by atoms with Crippen molar-refractivity contribution in [3.63, 3.8) is 0 Å². The fourth-order valence-corrected chi connectivity index (χ4v) is 9.97. The molecule has 1 aromatic heterocycles. The van der Waals surface area contributed by atoms with Crippen LogP contribution in [0.1, 0.15) is 72.3 Å². The Labute approximate surface area is 201 Å². The van der Waals surface area contributed by atoms with Gasteiger partial charge in [0.2, 0.25) is 0 Å². The SMILES string of the molecule is CC(=O)O[C@@H]1C(O)[C@H]2C(C)(C)C(=O)C=C[C@]2(C)[C@H]2CC[C@@]3(C)[C@H](c4ccoc4)C[C@H]4O[C@]43[C@]12C. The van der Waals surface area contributed by atoms with Crippen LogP contribution in [0.15, 0.2) is 35.2 Å². The van der Waals surface area contributed by atoms with Gasteiger partial charge in [-0.2, -0.15) is 0 Å². The largest absolute Gasteiger partial charge is 0.472 e. The smallest absolute Gasteiger partial charge is 0.303 e. The van der Waals surface area contributed by atoms with Gasteiger partial charge in [-0.15, -0.1) is 0 Å². The first-order chi connectivity index (χ1) is 15.9. The minimum Gasteiger partial charge on any atom is -0.472 e. The van der Waals surface area contributed by atoms with Crippen LogP contribution in [-0.2, 0) is 19.1 Å². The number of hydrogen-bond acceptors (Lipinski definition) is 6. The lowest BCUT2D eigenvalue weighted by Gasteiger charge is -2.68. The van der Waals surface area contributed by atoms with Crippen LogP contribution in [-0.4, -0.2) is 40.8 Å². The second kappa shape index (κ2) is 6.44. The summed E-state index contributed by atoms with van der Waals surface area (Å²) in [6, 6.07) is 2.05. The van der Waals surface area contributed by atoms with Crippen molar-refractivity contribution < 1.29 is 28.6 Å². The number of hydrogen-bond donors (Lipinski definition) is 1. The van der Waals surface area contributed by atoms with Crippen molar-refractivity contribution >= 4 is 11.8 Å². The number of aliphatic hydroxyl groups is 1. The normalized spacial score (nSPS) is 52.3. The molecular weight excluding hydrogens is 432 g/mol. The summed E-state index contributed by atoms with van der Waals surface area (Å²) in [6.07, 6.45) is 8.41. The summed E-state index contributed by atoms with van der Waals surface area (Å²) < 4.78 is 18.2. The maximum atomic E-state index is 13.0. The highest BCUT2D eigenvalue weighted by atomic mass is 16.6. The molecular formula is C28H36O6. The molecule has 0 aromatic carbocycles. The van der Waals surface area contributed by atoms with Gasteiger partial charge in [0, 0.05) is 29.1 Å². The van der Waals surface area contributed by atoms with Crippen molar-refractivity contribution in [3.05, 3.63) is 36.3 Å². The Morgan fingerprint density at radius 1 is 1.21 bits per heavy atom. The monoisotopic (exact) mass is 468 g/mol. The van der Waals surface area contributed by atoms with E-state index >= 15 is 0 Å². The minimum atomic E-state index is -0.978. The summed E-state index contributed by atoms with van der Waals surface area (Å²) in [6.45, 7) is 11.9. The maximum absolute atomic E-state index is 13.0. The van der Waals surface area contributed by atoms with Crippen molar-refractivity contribution in [2.75, 3.05) is 0 Å². The molecule has 0 bridgehead atoms. The molecule has 4 fully saturated rings. The Morgan fingerprint density at radius 3 is 2.59 bits per heavy atom. The van der Waals surface area contributed by atoms with Gasteiger partial charge in [0.25, 0.3) is 0 Å². The van der Waals surface area contributed by atoms with Gasteiger partial charge in [-0.25, -0.2) is 0 Å². The molecule has 0 amide bonds. The highest BCUT2D eigenvalue weighted by molar-refractivity contribution is 5.96. The Balaban J connectivity index is 1.55. The molecule has 1 N–H and O–H groups in total. The van der Waals surface area contributed by atoms with E-state index in [0.717, 1.165) is 19.3 Å². The van der Waals surface area contributed by atoms with Crippen LogP contribution in [0.25, 0.3) is 0 Å². The number of furan rings is 1. The number of epoxide rings is 1. The highest BCUT2D eigenvalue weighted by Gasteiger charge is 2.88. The van der Waals surface area contributed by atoms with Gasteiger partial charge in [-0.3, -0.25) is 9.59 Å². The molecule has 5 aliphatic rings. The summed E-state index contributed by atoms with van der Waals surface area (Å²) in [5.74, 6) is -0.386. The molecule has 34 heavy (non-hydrogen) atoms. The Hall–Kier alpha value is -1.92. The van der Waals surface area contributed by atoms with Crippen LogP contribution in [0.3, 0.4) is 0 Å². The Morgan fingerprint density at radius 2 is 1.94 bits per heavy atom. The molecule has 0 radical (unpaired) electrons. The fourth-order valence-electron chi connectivity index (χ4n) is 9.97. The first-order valence-corrected chi connectivity index (χ1v) is 12.6. The topological polar surface area (TPSA) is 89.3 Å². The zero-order valence-electron chi connectivity index (χ0n) is 21.0. The lowest BCUT2D eigenvalue weighted by molar-refractivity contribution is -0.269. The predicted molar refractivity (Wildman–Crippen MR) is 124 cm³/mol. The molecule has 1 saturated heterocycles. The third kappa shape index (κ3) is 2.26. The number of carbonyl (C=O) groups is 2. The lowest BCUT2D eigenvalue weighted by Crippen LogP contribution is -2.74. The van der Waals surface area contributed by atoms with Crippen LogP contribution in [0, 0.1) is 33.5 Å². The van der Waals surface area contributed by atoms with Crippen molar-refractivity contribution in [2.24, 2.45) is 33.5 Å². The summed E-state index contributed by atoms with van der Waals surface area (Å²) in [5, 5.41) is 12.0. The highest BCUT2D eigenvalue weighted by Crippen LogP contribution is 2.82.